The number of nitrogens with one attached hydrogen (secondary N) is 1. The Morgan fingerprint density at radius 3 is 2.33 bits per heavy atom. The molecule has 1 aliphatic rings. The Hall–Kier alpha value is -1.68. The summed E-state index contributed by atoms with van der Waals surface area (Å²) < 4.78 is 37.8. The van der Waals surface area contributed by atoms with E-state index in [0.29, 0.717) is 64.8 Å². The van der Waals surface area contributed by atoms with Gasteiger partial charge in [-0.3, -0.25) is 9.69 Å². The topological polar surface area (TPSA) is 88.2 Å². The molecule has 1 aromatic carbocycles. The summed E-state index contributed by atoms with van der Waals surface area (Å²) in [6, 6.07) is 6.44. The lowest BCUT2D eigenvalue weighted by Gasteiger charge is -2.33. The van der Waals surface area contributed by atoms with Gasteiger partial charge in [-0.05, 0) is 38.1 Å². The van der Waals surface area contributed by atoms with Crippen LogP contribution in [0.25, 0.3) is 0 Å². The molecule has 27 heavy (non-hydrogen) atoms. The first-order valence-electron chi connectivity index (χ1n) is 9.27. The van der Waals surface area contributed by atoms with E-state index in [0.717, 1.165) is 0 Å². The fraction of sp³-hybridized carbons (Fsp3) is 0.611. The average molecular weight is 400 g/mol. The van der Waals surface area contributed by atoms with Crippen molar-refractivity contribution in [3.8, 4) is 5.75 Å². The summed E-state index contributed by atoms with van der Waals surface area (Å²) in [7, 11) is -3.54. The number of carbonyl (C=O) groups excluding carboxylic acids is 1. The van der Waals surface area contributed by atoms with Gasteiger partial charge in [0.05, 0.1) is 18.0 Å². The van der Waals surface area contributed by atoms with Crippen molar-refractivity contribution in [1.29, 1.82) is 0 Å². The van der Waals surface area contributed by atoms with E-state index < -0.39 is 10.0 Å². The molecule has 1 amide bonds. The van der Waals surface area contributed by atoms with Gasteiger partial charge in [-0.25, -0.2) is 8.42 Å². The molecular formula is C18H29N3O5S. The summed E-state index contributed by atoms with van der Waals surface area (Å²) in [5, 5.41) is 2.75. The number of rotatable bonds is 10. The highest BCUT2D eigenvalue weighted by molar-refractivity contribution is 7.89. The third-order valence-corrected chi connectivity index (χ3v) is 6.15. The zero-order chi connectivity index (χ0) is 19.7. The molecule has 1 fully saturated rings. The molecule has 1 saturated heterocycles. The molecule has 0 aliphatic carbocycles. The van der Waals surface area contributed by atoms with Gasteiger partial charge >= 0.3 is 0 Å². The van der Waals surface area contributed by atoms with Crippen molar-refractivity contribution in [2.75, 3.05) is 59.1 Å². The smallest absolute Gasteiger partial charge is 0.243 e. The molecule has 0 atom stereocenters. The molecule has 0 bridgehead atoms. The molecular weight excluding hydrogens is 370 g/mol. The van der Waals surface area contributed by atoms with Crippen LogP contribution in [0.5, 0.6) is 5.75 Å². The lowest BCUT2D eigenvalue weighted by Crippen LogP contribution is -2.51. The van der Waals surface area contributed by atoms with E-state index in [-0.39, 0.29) is 10.8 Å². The van der Waals surface area contributed by atoms with E-state index in [1.54, 1.807) is 24.3 Å². The molecule has 0 saturated carbocycles. The summed E-state index contributed by atoms with van der Waals surface area (Å²) in [5.41, 5.74) is 0. The second-order valence-corrected chi connectivity index (χ2v) is 8.09. The van der Waals surface area contributed by atoms with Gasteiger partial charge in [-0.1, -0.05) is 0 Å². The Kier molecular flexibility index (Phi) is 8.49. The average Bonchev–Trinajstić information content (AvgIpc) is 2.66. The van der Waals surface area contributed by atoms with Crippen LogP contribution < -0.4 is 10.1 Å². The zero-order valence-corrected chi connectivity index (χ0v) is 16.8. The molecule has 1 aromatic rings. The molecule has 2 rings (SSSR count). The molecule has 0 unspecified atom stereocenters. The first-order valence-corrected chi connectivity index (χ1v) is 10.7. The van der Waals surface area contributed by atoms with Crippen molar-refractivity contribution in [3.05, 3.63) is 24.3 Å². The fourth-order valence-electron chi connectivity index (χ4n) is 2.80. The lowest BCUT2D eigenvalue weighted by molar-refractivity contribution is -0.122. The number of nitrogens with zero attached hydrogens (tertiary/aromatic N) is 2. The highest BCUT2D eigenvalue weighted by Gasteiger charge is 2.29. The predicted octanol–water partition coefficient (Wildman–Crippen LogP) is 0.544. The third kappa shape index (κ3) is 6.46. The van der Waals surface area contributed by atoms with Gasteiger partial charge in [0.1, 0.15) is 12.4 Å². The van der Waals surface area contributed by atoms with Crippen molar-refractivity contribution in [1.82, 2.24) is 14.5 Å². The minimum Gasteiger partial charge on any atom is -0.491 e. The second kappa shape index (κ2) is 10.6. The van der Waals surface area contributed by atoms with Crippen LogP contribution in [0.4, 0.5) is 0 Å². The number of carbonyl (C=O) groups is 1. The van der Waals surface area contributed by atoms with Gasteiger partial charge in [0.15, 0.2) is 0 Å². The zero-order valence-electron chi connectivity index (χ0n) is 16.0. The van der Waals surface area contributed by atoms with Gasteiger partial charge in [0.2, 0.25) is 15.9 Å². The lowest BCUT2D eigenvalue weighted by atomic mass is 10.3. The number of hydrogen-bond acceptors (Lipinski definition) is 6. The Balaban J connectivity index is 1.88. The fourth-order valence-corrected chi connectivity index (χ4v) is 4.23. The standard InChI is InChI=1S/C18H29N3O5S/c1-3-19-18(22)15-20-9-11-21(12-10-20)27(23,24)17-7-5-16(6-8-17)26-14-13-25-4-2/h5-8H,3-4,9-15H2,1-2H3,(H,19,22). The highest BCUT2D eigenvalue weighted by Crippen LogP contribution is 2.20. The molecule has 1 heterocycles. The minimum absolute atomic E-state index is 0.0336. The van der Waals surface area contributed by atoms with Crippen molar-refractivity contribution in [3.63, 3.8) is 0 Å². The molecule has 0 radical (unpaired) electrons. The predicted molar refractivity (Wildman–Crippen MR) is 102 cm³/mol. The van der Waals surface area contributed by atoms with Crippen LogP contribution in [0.1, 0.15) is 13.8 Å². The van der Waals surface area contributed by atoms with Crippen LogP contribution in [0.3, 0.4) is 0 Å². The van der Waals surface area contributed by atoms with Crippen LogP contribution in [0.2, 0.25) is 0 Å². The van der Waals surface area contributed by atoms with Crippen LogP contribution in [-0.4, -0.2) is 82.6 Å². The van der Waals surface area contributed by atoms with Crippen LogP contribution in [-0.2, 0) is 19.6 Å². The molecule has 0 spiro atoms. The van der Waals surface area contributed by atoms with E-state index >= 15 is 0 Å². The number of hydrogen-bond donors (Lipinski definition) is 1. The maximum atomic E-state index is 12.8. The maximum absolute atomic E-state index is 12.8. The monoisotopic (exact) mass is 399 g/mol. The van der Waals surface area contributed by atoms with Gasteiger partial charge in [-0.15, -0.1) is 0 Å². The number of amides is 1. The SMILES string of the molecule is CCNC(=O)CN1CCN(S(=O)(=O)c2ccc(OCCOCC)cc2)CC1. The summed E-state index contributed by atoms with van der Waals surface area (Å²) in [6.45, 7) is 8.06. The van der Waals surface area contributed by atoms with E-state index in [1.165, 1.54) is 4.31 Å². The first kappa shape index (κ1) is 21.6. The largest absolute Gasteiger partial charge is 0.491 e. The molecule has 8 nitrogen and oxygen atoms in total. The van der Waals surface area contributed by atoms with E-state index in [1.807, 2.05) is 18.7 Å². The van der Waals surface area contributed by atoms with Gasteiger partial charge < -0.3 is 14.8 Å². The Labute approximate surface area is 161 Å². The summed E-state index contributed by atoms with van der Waals surface area (Å²) >= 11 is 0. The summed E-state index contributed by atoms with van der Waals surface area (Å²) in [5.74, 6) is 0.578. The van der Waals surface area contributed by atoms with Gasteiger partial charge in [0.25, 0.3) is 0 Å². The molecule has 0 aromatic heterocycles. The molecule has 152 valence electrons. The van der Waals surface area contributed by atoms with Gasteiger partial charge in [0, 0.05) is 39.3 Å². The minimum atomic E-state index is -3.54. The van der Waals surface area contributed by atoms with Crippen molar-refractivity contribution < 1.29 is 22.7 Å². The maximum Gasteiger partial charge on any atom is 0.243 e. The molecule has 9 heteroatoms. The van der Waals surface area contributed by atoms with Crippen LogP contribution in [0.15, 0.2) is 29.2 Å². The van der Waals surface area contributed by atoms with Crippen LogP contribution >= 0.6 is 0 Å². The summed E-state index contributed by atoms with van der Waals surface area (Å²) in [4.78, 5) is 13.9. The number of sulfonamides is 1. The molecule has 1 aliphatic heterocycles. The van der Waals surface area contributed by atoms with Crippen molar-refractivity contribution in [2.45, 2.75) is 18.7 Å². The first-order chi connectivity index (χ1) is 13.0. The third-order valence-electron chi connectivity index (χ3n) is 4.23. The number of likely N-dealkylation sites (N-methyl/N-ethyl adjacent to an activating group) is 1. The Bertz CT molecular complexity index is 685. The summed E-state index contributed by atoms with van der Waals surface area (Å²) in [6.07, 6.45) is 0. The normalized spacial score (nSPS) is 16.2. The van der Waals surface area contributed by atoms with Gasteiger partial charge in [-0.2, -0.15) is 4.31 Å². The highest BCUT2D eigenvalue weighted by atomic mass is 32.2. The Morgan fingerprint density at radius 2 is 1.74 bits per heavy atom. The quantitative estimate of drug-likeness (QED) is 0.578. The molecule has 1 N–H and O–H groups in total. The van der Waals surface area contributed by atoms with Crippen molar-refractivity contribution >= 4 is 15.9 Å². The van der Waals surface area contributed by atoms with E-state index in [4.69, 9.17) is 9.47 Å². The van der Waals surface area contributed by atoms with E-state index in [2.05, 4.69) is 5.32 Å². The van der Waals surface area contributed by atoms with E-state index in [9.17, 15) is 13.2 Å². The Morgan fingerprint density at radius 1 is 1.07 bits per heavy atom. The van der Waals surface area contributed by atoms with Crippen LogP contribution in [0, 0.1) is 0 Å². The second-order valence-electron chi connectivity index (χ2n) is 6.15. The number of ether oxygens (including phenoxy) is 2. The number of piperazine rings is 1. The van der Waals surface area contributed by atoms with Crippen molar-refractivity contribution in [2.24, 2.45) is 0 Å². The number of benzene rings is 1.